The lowest BCUT2D eigenvalue weighted by Crippen LogP contribution is -2.45. The van der Waals surface area contributed by atoms with E-state index >= 15 is 0 Å². The van der Waals surface area contributed by atoms with E-state index in [2.05, 4.69) is 20.8 Å². The zero-order valence-electron chi connectivity index (χ0n) is 18.7. The van der Waals surface area contributed by atoms with Crippen molar-refractivity contribution in [2.75, 3.05) is 26.2 Å². The van der Waals surface area contributed by atoms with Crippen LogP contribution in [0, 0.1) is 11.8 Å². The van der Waals surface area contributed by atoms with Crippen molar-refractivity contribution in [1.82, 2.24) is 9.21 Å². The molecule has 3 rings (SSSR count). The standard InChI is InChI=1S/C23H34N2O5S/c1-4-20-7-5-6-12-25(20)22(26)16-30-23(27)19-8-10-21(11-9-19)31(28,29)24-14-17(2)13-18(3)15-24/h8-11,17-18,20H,4-7,12-16H2,1-3H3. The van der Waals surface area contributed by atoms with Gasteiger partial charge in [-0.05, 0) is 68.2 Å². The summed E-state index contributed by atoms with van der Waals surface area (Å²) in [5.41, 5.74) is 0.234. The number of esters is 1. The zero-order valence-corrected chi connectivity index (χ0v) is 19.6. The number of sulfonamides is 1. The van der Waals surface area contributed by atoms with Gasteiger partial charge < -0.3 is 9.64 Å². The Hall–Kier alpha value is -1.93. The number of piperidine rings is 2. The third kappa shape index (κ3) is 5.66. The van der Waals surface area contributed by atoms with Crippen LogP contribution in [0.25, 0.3) is 0 Å². The van der Waals surface area contributed by atoms with Crippen LogP contribution < -0.4 is 0 Å². The highest BCUT2D eigenvalue weighted by molar-refractivity contribution is 7.89. The van der Waals surface area contributed by atoms with Gasteiger partial charge in [-0.25, -0.2) is 13.2 Å². The molecule has 2 fully saturated rings. The van der Waals surface area contributed by atoms with Gasteiger partial charge in [0.1, 0.15) is 0 Å². The van der Waals surface area contributed by atoms with Crippen molar-refractivity contribution in [2.24, 2.45) is 11.8 Å². The molecule has 0 radical (unpaired) electrons. The van der Waals surface area contributed by atoms with Crippen LogP contribution in [-0.4, -0.2) is 61.8 Å². The van der Waals surface area contributed by atoms with Crippen LogP contribution in [0.5, 0.6) is 0 Å². The van der Waals surface area contributed by atoms with Crippen LogP contribution in [-0.2, 0) is 19.6 Å². The van der Waals surface area contributed by atoms with Gasteiger partial charge in [0.25, 0.3) is 5.91 Å². The van der Waals surface area contributed by atoms with Crippen LogP contribution in [0.3, 0.4) is 0 Å². The fourth-order valence-electron chi connectivity index (χ4n) is 4.76. The molecule has 1 aromatic carbocycles. The van der Waals surface area contributed by atoms with Crippen LogP contribution in [0.4, 0.5) is 0 Å². The third-order valence-electron chi connectivity index (χ3n) is 6.31. The lowest BCUT2D eigenvalue weighted by molar-refractivity contribution is -0.138. The molecule has 7 nitrogen and oxygen atoms in total. The first-order chi connectivity index (χ1) is 14.7. The molecule has 2 aliphatic rings. The molecule has 8 heteroatoms. The quantitative estimate of drug-likeness (QED) is 0.621. The molecule has 0 N–H and O–H groups in total. The Morgan fingerprint density at radius 2 is 1.71 bits per heavy atom. The summed E-state index contributed by atoms with van der Waals surface area (Å²) in [5.74, 6) is -0.162. The number of likely N-dealkylation sites (tertiary alicyclic amines) is 1. The number of hydrogen-bond donors (Lipinski definition) is 0. The predicted octanol–water partition coefficient (Wildman–Crippen LogP) is 3.30. The van der Waals surface area contributed by atoms with Crippen molar-refractivity contribution in [3.05, 3.63) is 29.8 Å². The number of benzene rings is 1. The van der Waals surface area contributed by atoms with Gasteiger partial charge in [-0.15, -0.1) is 0 Å². The van der Waals surface area contributed by atoms with Gasteiger partial charge in [0.05, 0.1) is 10.5 Å². The second-order valence-electron chi connectivity index (χ2n) is 9.01. The van der Waals surface area contributed by atoms with Crippen LogP contribution in [0.1, 0.15) is 63.2 Å². The minimum absolute atomic E-state index is 0.167. The number of nitrogens with zero attached hydrogens (tertiary/aromatic N) is 2. The molecule has 3 atom stereocenters. The minimum Gasteiger partial charge on any atom is -0.452 e. The van der Waals surface area contributed by atoms with Gasteiger partial charge >= 0.3 is 5.97 Å². The van der Waals surface area contributed by atoms with Gasteiger partial charge in [-0.3, -0.25) is 4.79 Å². The predicted molar refractivity (Wildman–Crippen MR) is 118 cm³/mol. The summed E-state index contributed by atoms with van der Waals surface area (Å²) in [4.78, 5) is 26.8. The molecular formula is C23H34N2O5S. The second-order valence-corrected chi connectivity index (χ2v) is 11.0. The molecule has 0 aromatic heterocycles. The van der Waals surface area contributed by atoms with E-state index in [1.807, 2.05) is 4.90 Å². The van der Waals surface area contributed by atoms with Crippen molar-refractivity contribution >= 4 is 21.9 Å². The highest BCUT2D eigenvalue weighted by Gasteiger charge is 2.32. The largest absolute Gasteiger partial charge is 0.452 e. The number of amides is 1. The maximum Gasteiger partial charge on any atom is 0.338 e. The molecule has 31 heavy (non-hydrogen) atoms. The molecule has 1 aromatic rings. The summed E-state index contributed by atoms with van der Waals surface area (Å²) in [6.45, 7) is 7.61. The smallest absolute Gasteiger partial charge is 0.338 e. The Labute approximate surface area is 185 Å². The molecule has 0 bridgehead atoms. The van der Waals surface area contributed by atoms with Crippen molar-refractivity contribution in [3.63, 3.8) is 0 Å². The van der Waals surface area contributed by atoms with Gasteiger partial charge in [0.2, 0.25) is 10.0 Å². The number of carbonyl (C=O) groups excluding carboxylic acids is 2. The van der Waals surface area contributed by atoms with Gasteiger partial charge in [0.15, 0.2) is 6.61 Å². The molecular weight excluding hydrogens is 416 g/mol. The van der Waals surface area contributed by atoms with Crippen LogP contribution in [0.2, 0.25) is 0 Å². The fraction of sp³-hybridized carbons (Fsp3) is 0.652. The monoisotopic (exact) mass is 450 g/mol. The molecule has 0 aliphatic carbocycles. The molecule has 1 amide bonds. The summed E-state index contributed by atoms with van der Waals surface area (Å²) in [5, 5.41) is 0. The molecule has 2 heterocycles. The zero-order chi connectivity index (χ0) is 22.6. The number of carbonyl (C=O) groups is 2. The fourth-order valence-corrected chi connectivity index (χ4v) is 6.44. The van der Waals surface area contributed by atoms with Gasteiger partial charge in [-0.1, -0.05) is 20.8 Å². The molecule has 2 aliphatic heterocycles. The van der Waals surface area contributed by atoms with Crippen molar-refractivity contribution in [1.29, 1.82) is 0 Å². The lowest BCUT2D eigenvalue weighted by atomic mass is 9.94. The number of ether oxygens (including phenoxy) is 1. The average molecular weight is 451 g/mol. The van der Waals surface area contributed by atoms with Crippen LogP contribution in [0.15, 0.2) is 29.2 Å². The van der Waals surface area contributed by atoms with Gasteiger partial charge in [0, 0.05) is 25.7 Å². The summed E-state index contributed by atoms with van der Waals surface area (Å²) in [6.07, 6.45) is 4.99. The normalized spacial score (nSPS) is 25.3. The van der Waals surface area contributed by atoms with Crippen molar-refractivity contribution in [3.8, 4) is 0 Å². The summed E-state index contributed by atoms with van der Waals surface area (Å²) in [7, 11) is -3.60. The maximum absolute atomic E-state index is 13.0. The Balaban J connectivity index is 1.60. The lowest BCUT2D eigenvalue weighted by Gasteiger charge is -2.35. The van der Waals surface area contributed by atoms with Crippen molar-refractivity contribution in [2.45, 2.75) is 63.8 Å². The van der Waals surface area contributed by atoms with E-state index in [1.165, 1.54) is 28.6 Å². The van der Waals surface area contributed by atoms with E-state index in [0.29, 0.717) is 31.5 Å². The number of rotatable bonds is 6. The number of hydrogen-bond acceptors (Lipinski definition) is 5. The molecule has 3 unspecified atom stereocenters. The SMILES string of the molecule is CCC1CCCCN1C(=O)COC(=O)c1ccc(S(=O)(=O)N2CC(C)CC(C)C2)cc1. The Bertz CT molecular complexity index is 874. The van der Waals surface area contributed by atoms with Crippen molar-refractivity contribution < 1.29 is 22.7 Å². The van der Waals surface area contributed by atoms with E-state index < -0.39 is 16.0 Å². The highest BCUT2D eigenvalue weighted by Crippen LogP contribution is 2.27. The first-order valence-corrected chi connectivity index (χ1v) is 12.7. The Kier molecular flexibility index (Phi) is 7.75. The Morgan fingerprint density at radius 3 is 2.32 bits per heavy atom. The first-order valence-electron chi connectivity index (χ1n) is 11.3. The summed E-state index contributed by atoms with van der Waals surface area (Å²) >= 11 is 0. The average Bonchev–Trinajstić information content (AvgIpc) is 2.76. The van der Waals surface area contributed by atoms with E-state index in [9.17, 15) is 18.0 Å². The molecule has 172 valence electrons. The summed E-state index contributed by atoms with van der Waals surface area (Å²) < 4.78 is 32.7. The topological polar surface area (TPSA) is 84.0 Å². The first kappa shape index (κ1) is 23.7. The van der Waals surface area contributed by atoms with Gasteiger partial charge in [-0.2, -0.15) is 4.31 Å². The molecule has 0 saturated carbocycles. The van der Waals surface area contributed by atoms with E-state index in [-0.39, 0.29) is 29.0 Å². The third-order valence-corrected chi connectivity index (χ3v) is 8.15. The van der Waals surface area contributed by atoms with Crippen LogP contribution >= 0.6 is 0 Å². The molecule has 0 spiro atoms. The Morgan fingerprint density at radius 1 is 1.06 bits per heavy atom. The second kappa shape index (κ2) is 10.1. The maximum atomic E-state index is 13.0. The van der Waals surface area contributed by atoms with E-state index in [0.717, 1.165) is 32.1 Å². The van der Waals surface area contributed by atoms with E-state index in [4.69, 9.17) is 4.74 Å². The van der Waals surface area contributed by atoms with E-state index in [1.54, 1.807) is 0 Å². The summed E-state index contributed by atoms with van der Waals surface area (Å²) in [6, 6.07) is 5.99. The highest BCUT2D eigenvalue weighted by atomic mass is 32.2. The molecule has 2 saturated heterocycles. The minimum atomic E-state index is -3.60.